The lowest BCUT2D eigenvalue weighted by molar-refractivity contribution is 0.0865. The Kier molecular flexibility index (Phi) is 1.46. The number of hydrogen-bond donors (Lipinski definition) is 0. The highest BCUT2D eigenvalue weighted by Gasteiger charge is 2.43. The lowest BCUT2D eigenvalue weighted by atomic mass is 9.65. The lowest BCUT2D eigenvalue weighted by Crippen LogP contribution is -2.40. The first-order valence-corrected chi connectivity index (χ1v) is 4.67. The van der Waals surface area contributed by atoms with Crippen molar-refractivity contribution in [2.24, 2.45) is 0 Å². The minimum atomic E-state index is -0.254. The number of carbonyl (C=O) groups excluding carboxylic acids is 1. The van der Waals surface area contributed by atoms with Crippen LogP contribution >= 0.6 is 15.9 Å². The van der Waals surface area contributed by atoms with Crippen molar-refractivity contribution in [3.05, 3.63) is 33.8 Å². The molecule has 62 valence electrons. The summed E-state index contributed by atoms with van der Waals surface area (Å²) in [6.45, 7) is 3.93. The van der Waals surface area contributed by atoms with Crippen LogP contribution in [0.15, 0.2) is 22.7 Å². The van der Waals surface area contributed by atoms with Crippen LogP contribution in [0.3, 0.4) is 0 Å². The van der Waals surface area contributed by atoms with Gasteiger partial charge in [-0.1, -0.05) is 22.0 Å². The van der Waals surface area contributed by atoms with E-state index in [1.54, 1.807) is 0 Å². The highest BCUT2D eigenvalue weighted by atomic mass is 79.9. The third-order valence-corrected chi connectivity index (χ3v) is 2.96. The Labute approximate surface area is 79.9 Å². The van der Waals surface area contributed by atoms with E-state index in [0.717, 1.165) is 15.6 Å². The summed E-state index contributed by atoms with van der Waals surface area (Å²) in [7, 11) is 0. The molecule has 0 bridgehead atoms. The molecule has 0 aliphatic heterocycles. The molecule has 0 aromatic heterocycles. The van der Waals surface area contributed by atoms with Crippen molar-refractivity contribution in [1.29, 1.82) is 0 Å². The highest BCUT2D eigenvalue weighted by molar-refractivity contribution is 9.10. The standard InChI is InChI=1S/C10H9BrO/c1-10(2)8-4-3-6(11)5-7(8)9(10)12/h3-5H,1-2H3. The summed E-state index contributed by atoms with van der Waals surface area (Å²) in [5.74, 6) is 0.249. The van der Waals surface area contributed by atoms with Crippen LogP contribution in [0.5, 0.6) is 0 Å². The zero-order valence-corrected chi connectivity index (χ0v) is 8.60. The van der Waals surface area contributed by atoms with E-state index in [-0.39, 0.29) is 11.2 Å². The van der Waals surface area contributed by atoms with Gasteiger partial charge in [0.05, 0.1) is 5.41 Å². The first kappa shape index (κ1) is 7.99. The van der Waals surface area contributed by atoms with Gasteiger partial charge >= 0.3 is 0 Å². The fourth-order valence-electron chi connectivity index (χ4n) is 1.65. The largest absolute Gasteiger partial charge is 0.293 e. The van der Waals surface area contributed by atoms with Gasteiger partial charge < -0.3 is 0 Å². The number of fused-ring (bicyclic) bond motifs is 1. The van der Waals surface area contributed by atoms with Gasteiger partial charge in [0, 0.05) is 10.0 Å². The van der Waals surface area contributed by atoms with Crippen molar-refractivity contribution in [3.8, 4) is 0 Å². The van der Waals surface area contributed by atoms with E-state index in [1.165, 1.54) is 0 Å². The van der Waals surface area contributed by atoms with Crippen LogP contribution in [0.25, 0.3) is 0 Å². The molecule has 0 amide bonds. The molecule has 0 spiro atoms. The Hall–Kier alpha value is -0.630. The van der Waals surface area contributed by atoms with Crippen LogP contribution in [0.1, 0.15) is 29.8 Å². The molecule has 0 heterocycles. The molecule has 0 saturated heterocycles. The van der Waals surface area contributed by atoms with Crippen LogP contribution in [-0.2, 0) is 5.41 Å². The Morgan fingerprint density at radius 3 is 2.67 bits per heavy atom. The van der Waals surface area contributed by atoms with Gasteiger partial charge in [0.2, 0.25) is 0 Å². The van der Waals surface area contributed by atoms with Crippen molar-refractivity contribution < 1.29 is 4.79 Å². The molecule has 1 nitrogen and oxygen atoms in total. The number of halogens is 1. The number of ketones is 1. The summed E-state index contributed by atoms with van der Waals surface area (Å²) >= 11 is 3.34. The summed E-state index contributed by atoms with van der Waals surface area (Å²) in [6, 6.07) is 5.89. The molecule has 1 aromatic carbocycles. The second kappa shape index (κ2) is 2.19. The van der Waals surface area contributed by atoms with E-state index < -0.39 is 0 Å². The van der Waals surface area contributed by atoms with Crippen molar-refractivity contribution in [2.75, 3.05) is 0 Å². The Morgan fingerprint density at radius 2 is 2.00 bits per heavy atom. The van der Waals surface area contributed by atoms with Gasteiger partial charge in [-0.05, 0) is 31.5 Å². The molecule has 0 radical (unpaired) electrons. The predicted molar refractivity (Wildman–Crippen MR) is 51.5 cm³/mol. The molecule has 1 aliphatic carbocycles. The van der Waals surface area contributed by atoms with Gasteiger partial charge in [-0.3, -0.25) is 4.79 Å². The minimum Gasteiger partial charge on any atom is -0.293 e. The predicted octanol–water partition coefficient (Wildman–Crippen LogP) is 2.92. The quantitative estimate of drug-likeness (QED) is 0.663. The second-order valence-electron chi connectivity index (χ2n) is 3.64. The van der Waals surface area contributed by atoms with E-state index in [2.05, 4.69) is 15.9 Å². The maximum atomic E-state index is 11.5. The van der Waals surface area contributed by atoms with Gasteiger partial charge in [-0.2, -0.15) is 0 Å². The molecule has 0 saturated carbocycles. The zero-order chi connectivity index (χ0) is 8.93. The molecule has 1 aliphatic rings. The van der Waals surface area contributed by atoms with Gasteiger partial charge in [-0.15, -0.1) is 0 Å². The maximum Gasteiger partial charge on any atom is 0.173 e. The molecular formula is C10H9BrO. The van der Waals surface area contributed by atoms with Crippen molar-refractivity contribution >= 4 is 21.7 Å². The van der Waals surface area contributed by atoms with Crippen molar-refractivity contribution in [3.63, 3.8) is 0 Å². The minimum absolute atomic E-state index is 0.249. The van der Waals surface area contributed by atoms with Crippen LogP contribution in [0, 0.1) is 0 Å². The molecule has 0 fully saturated rings. The third-order valence-electron chi connectivity index (χ3n) is 2.47. The van der Waals surface area contributed by atoms with E-state index in [9.17, 15) is 4.79 Å². The average molecular weight is 225 g/mol. The normalized spacial score (nSPS) is 18.4. The van der Waals surface area contributed by atoms with Gasteiger partial charge in [-0.25, -0.2) is 0 Å². The van der Waals surface area contributed by atoms with Gasteiger partial charge in [0.1, 0.15) is 0 Å². The van der Waals surface area contributed by atoms with Crippen LogP contribution in [0.4, 0.5) is 0 Å². The summed E-state index contributed by atoms with van der Waals surface area (Å²) in [6.07, 6.45) is 0. The topological polar surface area (TPSA) is 17.1 Å². The maximum absolute atomic E-state index is 11.5. The van der Waals surface area contributed by atoms with Crippen LogP contribution in [-0.4, -0.2) is 5.78 Å². The summed E-state index contributed by atoms with van der Waals surface area (Å²) in [5.41, 5.74) is 1.78. The molecule has 2 heteroatoms. The number of benzene rings is 1. The van der Waals surface area contributed by atoms with Crippen molar-refractivity contribution in [1.82, 2.24) is 0 Å². The van der Waals surface area contributed by atoms with E-state index in [4.69, 9.17) is 0 Å². The smallest absolute Gasteiger partial charge is 0.173 e. The molecule has 0 atom stereocenters. The van der Waals surface area contributed by atoms with Crippen molar-refractivity contribution in [2.45, 2.75) is 19.3 Å². The molecule has 2 rings (SSSR count). The summed E-state index contributed by atoms with van der Waals surface area (Å²) < 4.78 is 0.977. The van der Waals surface area contributed by atoms with Gasteiger partial charge in [0.25, 0.3) is 0 Å². The van der Waals surface area contributed by atoms with E-state index in [0.29, 0.717) is 0 Å². The average Bonchev–Trinajstić information content (AvgIpc) is 2.03. The molecule has 12 heavy (non-hydrogen) atoms. The van der Waals surface area contributed by atoms with E-state index >= 15 is 0 Å². The Balaban J connectivity index is 2.63. The summed E-state index contributed by atoms with van der Waals surface area (Å²) in [5, 5.41) is 0. The fraction of sp³-hybridized carbons (Fsp3) is 0.300. The molecule has 0 unspecified atom stereocenters. The first-order chi connectivity index (χ1) is 5.53. The number of rotatable bonds is 0. The number of carbonyl (C=O) groups is 1. The zero-order valence-electron chi connectivity index (χ0n) is 7.02. The Bertz CT molecular complexity index is 366. The van der Waals surface area contributed by atoms with Gasteiger partial charge in [0.15, 0.2) is 5.78 Å². The third kappa shape index (κ3) is 0.816. The van der Waals surface area contributed by atoms with E-state index in [1.807, 2.05) is 32.0 Å². The summed E-state index contributed by atoms with van der Waals surface area (Å²) in [4.78, 5) is 11.5. The number of hydrogen-bond acceptors (Lipinski definition) is 1. The first-order valence-electron chi connectivity index (χ1n) is 3.88. The lowest BCUT2D eigenvalue weighted by Gasteiger charge is -2.35. The van der Waals surface area contributed by atoms with Crippen LogP contribution < -0.4 is 0 Å². The fourth-order valence-corrected chi connectivity index (χ4v) is 2.01. The highest BCUT2D eigenvalue weighted by Crippen LogP contribution is 2.41. The molecule has 0 N–H and O–H groups in total. The Morgan fingerprint density at radius 1 is 1.33 bits per heavy atom. The van der Waals surface area contributed by atoms with Crippen LogP contribution in [0.2, 0.25) is 0 Å². The molecule has 1 aromatic rings. The second-order valence-corrected chi connectivity index (χ2v) is 4.56. The molecular weight excluding hydrogens is 216 g/mol. The SMILES string of the molecule is CC1(C)C(=O)c2cc(Br)ccc21. The monoisotopic (exact) mass is 224 g/mol. The number of Topliss-reactive ketones (excluding diaryl/α,β-unsaturated/α-hetero) is 1.